The Balaban J connectivity index is 2.19. The Labute approximate surface area is 130 Å². The van der Waals surface area contributed by atoms with Crippen molar-refractivity contribution in [1.82, 2.24) is 0 Å². The van der Waals surface area contributed by atoms with Crippen molar-refractivity contribution < 1.29 is 18.4 Å². The van der Waals surface area contributed by atoms with Crippen LogP contribution in [0.5, 0.6) is 0 Å². The van der Waals surface area contributed by atoms with Crippen molar-refractivity contribution in [3.05, 3.63) is 39.4 Å². The number of sulfone groups is 1. The van der Waals surface area contributed by atoms with Gasteiger partial charge < -0.3 is 5.11 Å². The lowest BCUT2D eigenvalue weighted by Crippen LogP contribution is -2.39. The summed E-state index contributed by atoms with van der Waals surface area (Å²) in [4.78, 5) is 10.4. The van der Waals surface area contributed by atoms with E-state index in [4.69, 9.17) is 0 Å². The van der Waals surface area contributed by atoms with E-state index in [0.29, 0.717) is 24.0 Å². The molecule has 22 heavy (non-hydrogen) atoms. The summed E-state index contributed by atoms with van der Waals surface area (Å²) in [6.07, 6.45) is 3.69. The monoisotopic (exact) mass is 327 g/mol. The molecule has 1 saturated carbocycles. The molecule has 1 N–H and O–H groups in total. The first-order valence-corrected chi connectivity index (χ1v) is 9.20. The highest BCUT2D eigenvalue weighted by Gasteiger charge is 2.34. The lowest BCUT2D eigenvalue weighted by Gasteiger charge is -2.31. The molecule has 1 fully saturated rings. The molecular formula is C15H21NO5S. The summed E-state index contributed by atoms with van der Waals surface area (Å²) in [7, 11) is -3.53. The van der Waals surface area contributed by atoms with Gasteiger partial charge in [0.2, 0.25) is 0 Å². The number of benzene rings is 1. The summed E-state index contributed by atoms with van der Waals surface area (Å²) >= 11 is 0. The number of rotatable bonds is 5. The van der Waals surface area contributed by atoms with Gasteiger partial charge in [-0.05, 0) is 25.3 Å². The van der Waals surface area contributed by atoms with E-state index in [1.54, 1.807) is 13.0 Å². The highest BCUT2D eigenvalue weighted by atomic mass is 32.2. The van der Waals surface area contributed by atoms with Crippen LogP contribution in [0.4, 0.5) is 5.69 Å². The highest BCUT2D eigenvalue weighted by molar-refractivity contribution is 7.90. The Morgan fingerprint density at radius 1 is 1.27 bits per heavy atom. The van der Waals surface area contributed by atoms with Gasteiger partial charge in [0.25, 0.3) is 5.69 Å². The smallest absolute Gasteiger partial charge is 0.272 e. The minimum Gasteiger partial charge on any atom is -0.389 e. The predicted octanol–water partition coefficient (Wildman–Crippen LogP) is 2.51. The SMILES string of the molecule is Cc1c(CS(=O)(=O)CC2(O)CCCCC2)cccc1[N+](=O)[O-]. The van der Waals surface area contributed by atoms with Crippen LogP contribution in [0.2, 0.25) is 0 Å². The zero-order valence-corrected chi connectivity index (χ0v) is 13.4. The minimum absolute atomic E-state index is 0.0796. The second-order valence-corrected chi connectivity index (χ2v) is 8.20. The van der Waals surface area contributed by atoms with Gasteiger partial charge in [0.15, 0.2) is 9.84 Å². The molecule has 0 saturated heterocycles. The van der Waals surface area contributed by atoms with Crippen LogP contribution in [0.3, 0.4) is 0 Å². The van der Waals surface area contributed by atoms with Crippen LogP contribution >= 0.6 is 0 Å². The number of nitro benzene ring substituents is 1. The van der Waals surface area contributed by atoms with Gasteiger partial charge in [-0.2, -0.15) is 0 Å². The Morgan fingerprint density at radius 3 is 2.50 bits per heavy atom. The van der Waals surface area contributed by atoms with Gasteiger partial charge in [0.05, 0.1) is 22.0 Å². The van der Waals surface area contributed by atoms with Gasteiger partial charge >= 0.3 is 0 Å². The molecule has 1 aromatic rings. The zero-order chi connectivity index (χ0) is 16.4. The molecule has 0 spiro atoms. The molecule has 0 aliphatic heterocycles. The summed E-state index contributed by atoms with van der Waals surface area (Å²) in [5.41, 5.74) is -0.435. The Morgan fingerprint density at radius 2 is 1.91 bits per heavy atom. The van der Waals surface area contributed by atoms with Crippen LogP contribution in [0, 0.1) is 17.0 Å². The molecule has 7 heteroatoms. The van der Waals surface area contributed by atoms with Crippen molar-refractivity contribution in [3.63, 3.8) is 0 Å². The van der Waals surface area contributed by atoms with Gasteiger partial charge in [-0.15, -0.1) is 0 Å². The molecule has 0 aromatic heterocycles. The molecule has 1 aliphatic rings. The standard InChI is InChI=1S/C15H21NO5S/c1-12-13(6-5-7-14(12)16(18)19)10-22(20,21)11-15(17)8-3-2-4-9-15/h5-7,17H,2-4,8-11H2,1H3. The normalized spacial score (nSPS) is 18.1. The van der Waals surface area contributed by atoms with E-state index in [1.807, 2.05) is 0 Å². The van der Waals surface area contributed by atoms with Crippen LogP contribution in [-0.2, 0) is 15.6 Å². The van der Waals surface area contributed by atoms with Crippen molar-refractivity contribution in [1.29, 1.82) is 0 Å². The van der Waals surface area contributed by atoms with Gasteiger partial charge in [-0.3, -0.25) is 10.1 Å². The molecular weight excluding hydrogens is 306 g/mol. The van der Waals surface area contributed by atoms with Gasteiger partial charge in [0.1, 0.15) is 0 Å². The number of nitro groups is 1. The second-order valence-electron chi connectivity index (χ2n) is 6.14. The summed E-state index contributed by atoms with van der Waals surface area (Å²) in [5.74, 6) is -0.551. The fourth-order valence-electron chi connectivity index (χ4n) is 3.08. The van der Waals surface area contributed by atoms with E-state index >= 15 is 0 Å². The molecule has 1 aliphatic carbocycles. The van der Waals surface area contributed by atoms with Gasteiger partial charge in [-0.25, -0.2) is 8.42 Å². The first-order chi connectivity index (χ1) is 10.2. The van der Waals surface area contributed by atoms with Gasteiger partial charge in [-0.1, -0.05) is 31.4 Å². The van der Waals surface area contributed by atoms with Crippen LogP contribution < -0.4 is 0 Å². The summed E-state index contributed by atoms with van der Waals surface area (Å²) in [6.45, 7) is 1.55. The molecule has 0 unspecified atom stereocenters. The van der Waals surface area contributed by atoms with E-state index in [0.717, 1.165) is 19.3 Å². The van der Waals surface area contributed by atoms with Crippen molar-refractivity contribution in [2.75, 3.05) is 5.75 Å². The van der Waals surface area contributed by atoms with Crippen LogP contribution in [0.25, 0.3) is 0 Å². The number of hydrogen-bond donors (Lipinski definition) is 1. The molecule has 0 heterocycles. The van der Waals surface area contributed by atoms with Crippen molar-refractivity contribution in [3.8, 4) is 0 Å². The highest BCUT2D eigenvalue weighted by Crippen LogP contribution is 2.31. The van der Waals surface area contributed by atoms with Gasteiger partial charge in [0, 0.05) is 11.6 Å². The van der Waals surface area contributed by atoms with Crippen LogP contribution in [0.15, 0.2) is 18.2 Å². The lowest BCUT2D eigenvalue weighted by atomic mass is 9.86. The van der Waals surface area contributed by atoms with Crippen LogP contribution in [-0.4, -0.2) is 29.8 Å². The first-order valence-electron chi connectivity index (χ1n) is 7.38. The number of aliphatic hydroxyl groups is 1. The van der Waals surface area contributed by atoms with E-state index in [1.165, 1.54) is 12.1 Å². The van der Waals surface area contributed by atoms with Crippen molar-refractivity contribution in [2.45, 2.75) is 50.4 Å². The fraction of sp³-hybridized carbons (Fsp3) is 0.600. The third-order valence-corrected chi connectivity index (χ3v) is 5.99. The minimum atomic E-state index is -3.53. The topological polar surface area (TPSA) is 97.5 Å². The van der Waals surface area contributed by atoms with Crippen molar-refractivity contribution >= 4 is 15.5 Å². The third-order valence-electron chi connectivity index (χ3n) is 4.26. The maximum Gasteiger partial charge on any atom is 0.272 e. The fourth-order valence-corrected chi connectivity index (χ4v) is 5.07. The molecule has 0 radical (unpaired) electrons. The predicted molar refractivity (Wildman–Crippen MR) is 83.4 cm³/mol. The Kier molecular flexibility index (Phi) is 4.87. The van der Waals surface area contributed by atoms with Crippen LogP contribution in [0.1, 0.15) is 43.2 Å². The third kappa shape index (κ3) is 4.04. The van der Waals surface area contributed by atoms with E-state index in [-0.39, 0.29) is 17.2 Å². The van der Waals surface area contributed by atoms with Crippen molar-refractivity contribution in [2.24, 2.45) is 0 Å². The molecule has 0 amide bonds. The summed E-state index contributed by atoms with van der Waals surface area (Å²) < 4.78 is 24.8. The molecule has 0 bridgehead atoms. The molecule has 6 nitrogen and oxygen atoms in total. The van der Waals surface area contributed by atoms with E-state index < -0.39 is 20.4 Å². The molecule has 2 rings (SSSR count). The number of hydrogen-bond acceptors (Lipinski definition) is 5. The molecule has 1 aromatic carbocycles. The van der Waals surface area contributed by atoms with E-state index in [9.17, 15) is 23.6 Å². The number of nitrogens with zero attached hydrogens (tertiary/aromatic N) is 1. The second kappa shape index (κ2) is 6.34. The zero-order valence-electron chi connectivity index (χ0n) is 12.6. The summed E-state index contributed by atoms with van der Waals surface area (Å²) in [6, 6.07) is 4.44. The quantitative estimate of drug-likeness (QED) is 0.662. The van der Waals surface area contributed by atoms with E-state index in [2.05, 4.69) is 0 Å². The average molecular weight is 327 g/mol. The summed E-state index contributed by atoms with van der Waals surface area (Å²) in [5, 5.41) is 21.3. The molecule has 122 valence electrons. The maximum absolute atomic E-state index is 12.4. The Hall–Kier alpha value is -1.47. The molecule has 0 atom stereocenters. The maximum atomic E-state index is 12.4. The lowest BCUT2D eigenvalue weighted by molar-refractivity contribution is -0.385. The Bertz CT molecular complexity index is 663. The first kappa shape index (κ1) is 16.9. The average Bonchev–Trinajstić information content (AvgIpc) is 2.40. The largest absolute Gasteiger partial charge is 0.389 e.